The second kappa shape index (κ2) is 7.45. The molecule has 1 unspecified atom stereocenters. The second-order valence-electron chi connectivity index (χ2n) is 6.49. The third-order valence-corrected chi connectivity index (χ3v) is 6.20. The maximum absolute atomic E-state index is 13.1. The number of benzene rings is 3. The molecule has 138 valence electrons. The van der Waals surface area contributed by atoms with Crippen LogP contribution in [0.2, 0.25) is 0 Å². The van der Waals surface area contributed by atoms with Gasteiger partial charge in [-0.05, 0) is 48.9 Å². The molecule has 0 saturated heterocycles. The lowest BCUT2D eigenvalue weighted by Gasteiger charge is -2.25. The molecule has 27 heavy (non-hydrogen) atoms. The van der Waals surface area contributed by atoms with Crippen LogP contribution in [0.4, 0.5) is 5.69 Å². The molecule has 0 aromatic heterocycles. The van der Waals surface area contributed by atoms with E-state index in [0.29, 0.717) is 5.75 Å². The smallest absolute Gasteiger partial charge is 0.201 e. The zero-order valence-electron chi connectivity index (χ0n) is 15.2. The largest absolute Gasteiger partial charge is 0.497 e. The molecule has 1 aliphatic rings. The number of ether oxygens (including phenoxy) is 2. The molecule has 3 aromatic carbocycles. The average Bonchev–Trinajstić information content (AvgIpc) is 3.04. The van der Waals surface area contributed by atoms with E-state index in [0.717, 1.165) is 21.9 Å². The summed E-state index contributed by atoms with van der Waals surface area (Å²) in [5, 5.41) is 3.50. The van der Waals surface area contributed by atoms with Gasteiger partial charge in [-0.2, -0.15) is 0 Å². The molecule has 0 aliphatic carbocycles. The highest BCUT2D eigenvalue weighted by Gasteiger charge is 2.38. The summed E-state index contributed by atoms with van der Waals surface area (Å²) in [4.78, 5) is 0.746. The molecule has 0 radical (unpaired) electrons. The monoisotopic (exact) mass is 379 g/mol. The first kappa shape index (κ1) is 17.6. The van der Waals surface area contributed by atoms with Crippen molar-refractivity contribution < 1.29 is 13.7 Å². The molecule has 0 fully saturated rings. The Morgan fingerprint density at radius 2 is 1.70 bits per heavy atom. The van der Waals surface area contributed by atoms with Crippen LogP contribution in [0.15, 0.2) is 77.7 Å². The van der Waals surface area contributed by atoms with Gasteiger partial charge in [-0.3, -0.25) is 4.21 Å². The quantitative estimate of drug-likeness (QED) is 0.699. The molecule has 1 heterocycles. The molecule has 1 N–H and O–H groups in total. The summed E-state index contributed by atoms with van der Waals surface area (Å²) in [6.45, 7) is 2.05. The maximum Gasteiger partial charge on any atom is 0.201 e. The van der Waals surface area contributed by atoms with E-state index in [4.69, 9.17) is 9.47 Å². The first-order valence-corrected chi connectivity index (χ1v) is 10.0. The van der Waals surface area contributed by atoms with Gasteiger partial charge in [0.15, 0.2) is 0 Å². The highest BCUT2D eigenvalue weighted by atomic mass is 32.2. The average molecular weight is 379 g/mol. The summed E-state index contributed by atoms with van der Waals surface area (Å²) < 4.78 is 24.4. The van der Waals surface area contributed by atoms with Crippen LogP contribution in [-0.2, 0) is 10.8 Å². The van der Waals surface area contributed by atoms with Crippen molar-refractivity contribution in [3.05, 3.63) is 83.9 Å². The van der Waals surface area contributed by atoms with Gasteiger partial charge < -0.3 is 14.8 Å². The minimum atomic E-state index is -1.26. The van der Waals surface area contributed by atoms with Crippen molar-refractivity contribution in [3.8, 4) is 11.5 Å². The molecule has 3 aromatic rings. The minimum absolute atomic E-state index is 0.257. The second-order valence-corrected chi connectivity index (χ2v) is 7.99. The fourth-order valence-corrected chi connectivity index (χ4v) is 4.59. The van der Waals surface area contributed by atoms with Crippen LogP contribution in [0.5, 0.6) is 11.5 Å². The summed E-state index contributed by atoms with van der Waals surface area (Å²) in [6, 6.07) is 23.2. The Morgan fingerprint density at radius 1 is 1.00 bits per heavy atom. The molecule has 0 saturated carbocycles. The predicted octanol–water partition coefficient (Wildman–Crippen LogP) is 4.68. The fourth-order valence-electron chi connectivity index (χ4n) is 3.15. The lowest BCUT2D eigenvalue weighted by atomic mass is 10.0. The normalized spacial score (nSPS) is 19.0. The Kier molecular flexibility index (Phi) is 4.86. The summed E-state index contributed by atoms with van der Waals surface area (Å²) in [7, 11) is 0.383. The molecule has 5 heteroatoms. The van der Waals surface area contributed by atoms with E-state index < -0.39 is 16.2 Å². The molecule has 4 rings (SSSR count). The summed E-state index contributed by atoms with van der Waals surface area (Å²) >= 11 is 0. The zero-order chi connectivity index (χ0) is 18.8. The van der Waals surface area contributed by atoms with E-state index in [2.05, 4.69) is 36.5 Å². The van der Waals surface area contributed by atoms with Gasteiger partial charge in [-0.1, -0.05) is 42.0 Å². The van der Waals surface area contributed by atoms with Crippen molar-refractivity contribution in [2.75, 3.05) is 12.4 Å². The number of fused-ring (bicyclic) bond motifs is 1. The van der Waals surface area contributed by atoms with Gasteiger partial charge in [-0.25, -0.2) is 0 Å². The first-order valence-electron chi connectivity index (χ1n) is 8.79. The number of para-hydroxylation sites is 1. The van der Waals surface area contributed by atoms with Crippen LogP contribution in [-0.4, -0.2) is 16.8 Å². The standard InChI is InChI=1S/C22H21NO3S/c1-15-7-9-16(10-8-15)21(23-17-11-13-18(25-2)14-12-17)22-26-19-5-3-4-6-20(19)27(22)24/h3-14,21-23H,1-2H3/t21-,22+,27?/m0/s1. The maximum atomic E-state index is 13.1. The lowest BCUT2D eigenvalue weighted by molar-refractivity contribution is 0.267. The lowest BCUT2D eigenvalue weighted by Crippen LogP contribution is -2.31. The highest BCUT2D eigenvalue weighted by Crippen LogP contribution is 2.39. The number of hydrogen-bond donors (Lipinski definition) is 1. The Hall–Kier alpha value is -2.79. The number of nitrogens with one attached hydrogen (secondary N) is 1. The fraction of sp³-hybridized carbons (Fsp3) is 0.182. The Labute approximate surface area is 161 Å². The Balaban J connectivity index is 1.68. The molecule has 0 bridgehead atoms. The Bertz CT molecular complexity index is 954. The number of methoxy groups -OCH3 is 1. The van der Waals surface area contributed by atoms with Crippen LogP contribution < -0.4 is 14.8 Å². The van der Waals surface area contributed by atoms with Crippen LogP contribution >= 0.6 is 0 Å². The van der Waals surface area contributed by atoms with Crippen LogP contribution in [0.3, 0.4) is 0 Å². The van der Waals surface area contributed by atoms with Gasteiger partial charge in [0, 0.05) is 5.69 Å². The third kappa shape index (κ3) is 3.55. The van der Waals surface area contributed by atoms with Crippen molar-refractivity contribution in [2.45, 2.75) is 23.3 Å². The van der Waals surface area contributed by atoms with Gasteiger partial charge in [0.05, 0.1) is 12.0 Å². The predicted molar refractivity (Wildman–Crippen MR) is 108 cm³/mol. The zero-order valence-corrected chi connectivity index (χ0v) is 16.0. The molecule has 3 atom stereocenters. The molecule has 0 amide bonds. The van der Waals surface area contributed by atoms with Crippen molar-refractivity contribution in [1.82, 2.24) is 0 Å². The van der Waals surface area contributed by atoms with Crippen LogP contribution in [0.25, 0.3) is 0 Å². The number of rotatable bonds is 5. The van der Waals surface area contributed by atoms with Crippen molar-refractivity contribution in [1.29, 1.82) is 0 Å². The molecule has 1 aliphatic heterocycles. The molecular weight excluding hydrogens is 358 g/mol. The molecule has 4 nitrogen and oxygen atoms in total. The summed E-state index contributed by atoms with van der Waals surface area (Å²) in [5.74, 6) is 1.48. The van der Waals surface area contributed by atoms with E-state index >= 15 is 0 Å². The molecular formula is C22H21NO3S. The van der Waals surface area contributed by atoms with Crippen molar-refractivity contribution >= 4 is 16.5 Å². The SMILES string of the molecule is COc1ccc(N[C@@H](c2ccc(C)cc2)[C@@H]2Oc3ccccc3S2=O)cc1. The number of aryl methyl sites for hydroxylation is 1. The van der Waals surface area contributed by atoms with E-state index in [9.17, 15) is 4.21 Å². The Morgan fingerprint density at radius 3 is 2.37 bits per heavy atom. The van der Waals surface area contributed by atoms with Gasteiger partial charge in [0.1, 0.15) is 28.3 Å². The van der Waals surface area contributed by atoms with Gasteiger partial charge in [0.25, 0.3) is 0 Å². The van der Waals surface area contributed by atoms with Crippen LogP contribution in [0, 0.1) is 6.92 Å². The van der Waals surface area contributed by atoms with E-state index in [-0.39, 0.29) is 6.04 Å². The summed E-state index contributed by atoms with van der Waals surface area (Å²) in [6.07, 6.45) is 0. The van der Waals surface area contributed by atoms with Crippen molar-refractivity contribution in [3.63, 3.8) is 0 Å². The van der Waals surface area contributed by atoms with Crippen LogP contribution in [0.1, 0.15) is 17.2 Å². The van der Waals surface area contributed by atoms with E-state index in [1.807, 2.05) is 48.5 Å². The van der Waals surface area contributed by atoms with Gasteiger partial charge >= 0.3 is 0 Å². The van der Waals surface area contributed by atoms with Gasteiger partial charge in [-0.15, -0.1) is 0 Å². The highest BCUT2D eigenvalue weighted by molar-refractivity contribution is 7.86. The van der Waals surface area contributed by atoms with Gasteiger partial charge in [0.2, 0.25) is 5.44 Å². The number of anilines is 1. The molecule has 0 spiro atoms. The van der Waals surface area contributed by atoms with Crippen molar-refractivity contribution in [2.24, 2.45) is 0 Å². The third-order valence-electron chi connectivity index (χ3n) is 4.64. The summed E-state index contributed by atoms with van der Waals surface area (Å²) in [5.41, 5.74) is 2.62. The first-order chi connectivity index (χ1) is 13.2. The number of hydrogen-bond acceptors (Lipinski definition) is 4. The minimum Gasteiger partial charge on any atom is -0.497 e. The van der Waals surface area contributed by atoms with E-state index in [1.165, 1.54) is 5.56 Å². The topological polar surface area (TPSA) is 47.6 Å². The van der Waals surface area contributed by atoms with E-state index in [1.54, 1.807) is 7.11 Å².